The van der Waals surface area contributed by atoms with Crippen LogP contribution in [0.5, 0.6) is 11.5 Å². The van der Waals surface area contributed by atoms with Gasteiger partial charge < -0.3 is 15.4 Å². The molecule has 0 bridgehead atoms. The van der Waals surface area contributed by atoms with Gasteiger partial charge in [0.05, 0.1) is 6.20 Å². The molecule has 2 atom stereocenters. The second-order valence-corrected chi connectivity index (χ2v) is 5.87. The standard InChI is InChI=1S/C18H21N3O2/c1-13-11-15(8-10-20-13)21-18(22)14-4-6-16(7-5-14)23-17-3-2-9-19-12-17/h2-7,9,12-13,15,20H,8,10-11H2,1H3,(H,21,22). The molecule has 0 radical (unpaired) electrons. The highest BCUT2D eigenvalue weighted by Crippen LogP contribution is 2.20. The predicted octanol–water partition coefficient (Wildman–Crippen LogP) is 2.74. The molecule has 1 aliphatic rings. The molecule has 2 aromatic rings. The number of piperidine rings is 1. The summed E-state index contributed by atoms with van der Waals surface area (Å²) >= 11 is 0. The van der Waals surface area contributed by atoms with Gasteiger partial charge >= 0.3 is 0 Å². The van der Waals surface area contributed by atoms with E-state index in [9.17, 15) is 4.79 Å². The molecule has 1 saturated heterocycles. The average Bonchev–Trinajstić information content (AvgIpc) is 2.56. The maximum absolute atomic E-state index is 12.3. The van der Waals surface area contributed by atoms with Crippen molar-refractivity contribution in [2.45, 2.75) is 31.8 Å². The number of nitrogens with one attached hydrogen (secondary N) is 2. The van der Waals surface area contributed by atoms with E-state index in [2.05, 4.69) is 22.5 Å². The van der Waals surface area contributed by atoms with Crippen molar-refractivity contribution < 1.29 is 9.53 Å². The Labute approximate surface area is 136 Å². The monoisotopic (exact) mass is 311 g/mol. The van der Waals surface area contributed by atoms with Crippen LogP contribution in [0.25, 0.3) is 0 Å². The number of carbonyl (C=O) groups is 1. The van der Waals surface area contributed by atoms with Gasteiger partial charge in [0.25, 0.3) is 5.91 Å². The van der Waals surface area contributed by atoms with Gasteiger partial charge in [0.2, 0.25) is 0 Å². The Morgan fingerprint density at radius 3 is 2.78 bits per heavy atom. The van der Waals surface area contributed by atoms with Crippen molar-refractivity contribution >= 4 is 5.91 Å². The largest absolute Gasteiger partial charge is 0.456 e. The molecule has 5 nitrogen and oxygen atoms in total. The minimum atomic E-state index is -0.0305. The molecule has 23 heavy (non-hydrogen) atoms. The van der Waals surface area contributed by atoms with Crippen LogP contribution in [0.2, 0.25) is 0 Å². The third-order valence-corrected chi connectivity index (χ3v) is 3.95. The van der Waals surface area contributed by atoms with E-state index in [1.165, 1.54) is 0 Å². The second-order valence-electron chi connectivity index (χ2n) is 5.87. The Hall–Kier alpha value is -2.40. The molecule has 0 saturated carbocycles. The fourth-order valence-electron chi connectivity index (χ4n) is 2.75. The maximum Gasteiger partial charge on any atom is 0.251 e. The molecule has 1 fully saturated rings. The minimum Gasteiger partial charge on any atom is -0.456 e. The highest BCUT2D eigenvalue weighted by molar-refractivity contribution is 5.94. The third-order valence-electron chi connectivity index (χ3n) is 3.95. The summed E-state index contributed by atoms with van der Waals surface area (Å²) in [5.41, 5.74) is 0.648. The summed E-state index contributed by atoms with van der Waals surface area (Å²) in [6.45, 7) is 3.09. The Bertz CT molecular complexity index is 643. The molecule has 0 aliphatic carbocycles. The Kier molecular flexibility index (Phi) is 4.88. The zero-order chi connectivity index (χ0) is 16.1. The van der Waals surface area contributed by atoms with Crippen molar-refractivity contribution in [3.8, 4) is 11.5 Å². The summed E-state index contributed by atoms with van der Waals surface area (Å²) in [6.07, 6.45) is 5.28. The molecule has 120 valence electrons. The molecular formula is C18H21N3O2. The maximum atomic E-state index is 12.3. The van der Waals surface area contributed by atoms with Crippen LogP contribution in [-0.2, 0) is 0 Å². The lowest BCUT2D eigenvalue weighted by molar-refractivity contribution is 0.0925. The molecule has 1 amide bonds. The van der Waals surface area contributed by atoms with Crippen LogP contribution in [0.1, 0.15) is 30.1 Å². The van der Waals surface area contributed by atoms with Gasteiger partial charge in [-0.2, -0.15) is 0 Å². The first-order valence-corrected chi connectivity index (χ1v) is 7.93. The number of carbonyl (C=O) groups excluding carboxylic acids is 1. The van der Waals surface area contributed by atoms with E-state index in [4.69, 9.17) is 4.74 Å². The number of hydrogen-bond donors (Lipinski definition) is 2. The summed E-state index contributed by atoms with van der Waals surface area (Å²) in [4.78, 5) is 16.3. The predicted molar refractivity (Wildman–Crippen MR) is 88.7 cm³/mol. The van der Waals surface area contributed by atoms with E-state index >= 15 is 0 Å². The van der Waals surface area contributed by atoms with Gasteiger partial charge in [-0.3, -0.25) is 9.78 Å². The van der Waals surface area contributed by atoms with Crippen molar-refractivity contribution in [3.63, 3.8) is 0 Å². The first-order valence-electron chi connectivity index (χ1n) is 7.93. The topological polar surface area (TPSA) is 63.2 Å². The molecule has 1 aromatic carbocycles. The minimum absolute atomic E-state index is 0.0305. The Morgan fingerprint density at radius 2 is 2.09 bits per heavy atom. The van der Waals surface area contributed by atoms with Crippen molar-refractivity contribution in [3.05, 3.63) is 54.4 Å². The first-order chi connectivity index (χ1) is 11.2. The third kappa shape index (κ3) is 4.29. The number of amides is 1. The first kappa shape index (κ1) is 15.5. The van der Waals surface area contributed by atoms with E-state index < -0.39 is 0 Å². The van der Waals surface area contributed by atoms with Crippen molar-refractivity contribution in [1.29, 1.82) is 0 Å². The van der Waals surface area contributed by atoms with E-state index in [1.54, 1.807) is 36.7 Å². The molecule has 1 aliphatic heterocycles. The van der Waals surface area contributed by atoms with Crippen LogP contribution in [0.15, 0.2) is 48.8 Å². The fraction of sp³-hybridized carbons (Fsp3) is 0.333. The van der Waals surface area contributed by atoms with E-state index in [0.717, 1.165) is 19.4 Å². The van der Waals surface area contributed by atoms with Crippen LogP contribution in [0.4, 0.5) is 0 Å². The van der Waals surface area contributed by atoms with Gasteiger partial charge in [0.1, 0.15) is 11.5 Å². The molecule has 0 spiro atoms. The Balaban J connectivity index is 1.59. The van der Waals surface area contributed by atoms with Gasteiger partial charge in [-0.05, 0) is 62.7 Å². The van der Waals surface area contributed by atoms with Crippen LogP contribution in [-0.4, -0.2) is 29.5 Å². The number of aromatic nitrogens is 1. The van der Waals surface area contributed by atoms with Gasteiger partial charge in [0, 0.05) is 23.8 Å². The quantitative estimate of drug-likeness (QED) is 0.911. The summed E-state index contributed by atoms with van der Waals surface area (Å²) in [7, 11) is 0. The van der Waals surface area contributed by atoms with E-state index in [1.807, 2.05) is 12.1 Å². The Morgan fingerprint density at radius 1 is 1.26 bits per heavy atom. The van der Waals surface area contributed by atoms with Crippen molar-refractivity contribution in [2.75, 3.05) is 6.54 Å². The van der Waals surface area contributed by atoms with Crippen LogP contribution in [0, 0.1) is 0 Å². The van der Waals surface area contributed by atoms with Gasteiger partial charge in [-0.1, -0.05) is 0 Å². The zero-order valence-corrected chi connectivity index (χ0v) is 13.2. The van der Waals surface area contributed by atoms with Crippen LogP contribution in [0.3, 0.4) is 0 Å². The lowest BCUT2D eigenvalue weighted by Crippen LogP contribution is -2.46. The molecule has 2 heterocycles. The van der Waals surface area contributed by atoms with Gasteiger partial charge in [-0.25, -0.2) is 0 Å². The van der Waals surface area contributed by atoms with Gasteiger partial charge in [-0.15, -0.1) is 0 Å². The molecule has 1 aromatic heterocycles. The second kappa shape index (κ2) is 7.24. The van der Waals surface area contributed by atoms with Gasteiger partial charge in [0.15, 0.2) is 0 Å². The summed E-state index contributed by atoms with van der Waals surface area (Å²) in [5, 5.41) is 6.49. The van der Waals surface area contributed by atoms with Crippen LogP contribution < -0.4 is 15.4 Å². The number of benzene rings is 1. The lowest BCUT2D eigenvalue weighted by atomic mass is 10.0. The van der Waals surface area contributed by atoms with E-state index in [-0.39, 0.29) is 11.9 Å². The zero-order valence-electron chi connectivity index (χ0n) is 13.2. The van der Waals surface area contributed by atoms with E-state index in [0.29, 0.717) is 23.1 Å². The van der Waals surface area contributed by atoms with Crippen LogP contribution >= 0.6 is 0 Å². The van der Waals surface area contributed by atoms with Crippen molar-refractivity contribution in [2.24, 2.45) is 0 Å². The summed E-state index contributed by atoms with van der Waals surface area (Å²) in [5.74, 6) is 1.33. The highest BCUT2D eigenvalue weighted by atomic mass is 16.5. The summed E-state index contributed by atoms with van der Waals surface area (Å²) < 4.78 is 5.67. The average molecular weight is 311 g/mol. The normalized spacial score (nSPS) is 20.7. The number of nitrogens with zero attached hydrogens (tertiary/aromatic N) is 1. The SMILES string of the molecule is CC1CC(NC(=O)c2ccc(Oc3cccnc3)cc2)CCN1. The molecule has 2 N–H and O–H groups in total. The molecule has 2 unspecified atom stereocenters. The number of pyridine rings is 1. The molecule has 5 heteroatoms. The smallest absolute Gasteiger partial charge is 0.251 e. The molecular weight excluding hydrogens is 290 g/mol. The fourth-order valence-corrected chi connectivity index (χ4v) is 2.75. The van der Waals surface area contributed by atoms with Crippen molar-refractivity contribution in [1.82, 2.24) is 15.6 Å². The lowest BCUT2D eigenvalue weighted by Gasteiger charge is -2.28. The summed E-state index contributed by atoms with van der Waals surface area (Å²) in [6, 6.07) is 11.5. The highest BCUT2D eigenvalue weighted by Gasteiger charge is 2.20. The molecule has 3 rings (SSSR count). The number of ether oxygens (including phenoxy) is 1. The number of hydrogen-bond acceptors (Lipinski definition) is 4. The number of rotatable bonds is 4.